The highest BCUT2D eigenvalue weighted by atomic mass is 16.6. The highest BCUT2D eigenvalue weighted by Gasteiger charge is 2.19. The van der Waals surface area contributed by atoms with Crippen molar-refractivity contribution >= 4 is 17.9 Å². The summed E-state index contributed by atoms with van der Waals surface area (Å²) >= 11 is 0. The molecule has 0 rings (SSSR count). The lowest BCUT2D eigenvalue weighted by Crippen LogP contribution is -2.30. The monoisotopic (exact) mass is 867 g/mol. The van der Waals surface area contributed by atoms with E-state index in [0.717, 1.165) is 103 Å². The summed E-state index contributed by atoms with van der Waals surface area (Å²) in [5.74, 6) is -1.08. The first-order chi connectivity index (χ1) is 31.0. The van der Waals surface area contributed by atoms with Gasteiger partial charge >= 0.3 is 17.9 Å². The average Bonchev–Trinajstić information content (AvgIpc) is 3.28. The first kappa shape index (κ1) is 58.3. The van der Waals surface area contributed by atoms with Gasteiger partial charge in [-0.1, -0.05) is 205 Å². The van der Waals surface area contributed by atoms with Crippen molar-refractivity contribution in [2.24, 2.45) is 0 Å². The van der Waals surface area contributed by atoms with Crippen molar-refractivity contribution in [3.8, 4) is 0 Å². The fourth-order valence-corrected chi connectivity index (χ4v) is 5.82. The van der Waals surface area contributed by atoms with Crippen molar-refractivity contribution in [2.45, 2.75) is 181 Å². The maximum atomic E-state index is 12.8. The third-order valence-corrected chi connectivity index (χ3v) is 9.45. The van der Waals surface area contributed by atoms with Crippen LogP contribution in [0.2, 0.25) is 0 Å². The minimum Gasteiger partial charge on any atom is -0.462 e. The summed E-state index contributed by atoms with van der Waals surface area (Å²) < 4.78 is 16.6. The Morgan fingerprint density at radius 3 is 1.27 bits per heavy atom. The van der Waals surface area contributed by atoms with Crippen LogP contribution in [0.5, 0.6) is 0 Å². The van der Waals surface area contributed by atoms with Gasteiger partial charge in [-0.25, -0.2) is 0 Å². The number of unbranched alkanes of at least 4 members (excludes halogenated alkanes) is 10. The number of ether oxygens (including phenoxy) is 3. The van der Waals surface area contributed by atoms with E-state index < -0.39 is 6.10 Å². The van der Waals surface area contributed by atoms with Gasteiger partial charge < -0.3 is 14.2 Å². The van der Waals surface area contributed by atoms with Crippen LogP contribution < -0.4 is 0 Å². The van der Waals surface area contributed by atoms with Crippen LogP contribution in [-0.4, -0.2) is 37.2 Å². The standard InChI is InChI=1S/C57H86O6/c1-4-7-10-13-16-19-22-24-26-27-28-29-31-32-35-38-41-44-47-50-56(59)62-53-54(52-61-55(58)49-46-43-40-37-34-21-18-15-12-9-6-3)63-57(60)51-48-45-42-39-36-33-30-25-23-20-17-14-11-8-5-2/h7-8,10-11,14-20,23-26,28-30,32-33,35-36,41,44,54H,4-6,9,12-13,21-22,27,31,34,37-40,42-43,45-53H2,1-3H3/b10-7-,11-8-,17-14-,18-15-,19-16-,23-20-,26-24-,29-28-,30-25-,35-32-,36-33-,44-41-. The lowest BCUT2D eigenvalue weighted by atomic mass is 10.1. The smallest absolute Gasteiger partial charge is 0.306 e. The fraction of sp³-hybridized carbons (Fsp3) is 0.526. The van der Waals surface area contributed by atoms with Gasteiger partial charge in [0.2, 0.25) is 0 Å². The molecule has 6 heteroatoms. The molecule has 0 aliphatic rings. The van der Waals surface area contributed by atoms with E-state index in [1.54, 1.807) is 0 Å². The second-order valence-corrected chi connectivity index (χ2v) is 15.4. The molecule has 6 nitrogen and oxygen atoms in total. The topological polar surface area (TPSA) is 78.9 Å². The summed E-state index contributed by atoms with van der Waals surface area (Å²) in [7, 11) is 0. The van der Waals surface area contributed by atoms with Gasteiger partial charge in [-0.2, -0.15) is 0 Å². The molecule has 0 aromatic heterocycles. The first-order valence-corrected chi connectivity index (χ1v) is 24.4. The van der Waals surface area contributed by atoms with Crippen molar-refractivity contribution in [1.29, 1.82) is 0 Å². The normalized spacial score (nSPS) is 13.4. The lowest BCUT2D eigenvalue weighted by molar-refractivity contribution is -0.166. The number of hydrogen-bond donors (Lipinski definition) is 0. The predicted molar refractivity (Wildman–Crippen MR) is 269 cm³/mol. The molecule has 0 spiro atoms. The van der Waals surface area contributed by atoms with Gasteiger partial charge in [-0.05, 0) is 96.3 Å². The maximum absolute atomic E-state index is 12.8. The molecule has 0 aromatic rings. The lowest BCUT2D eigenvalue weighted by Gasteiger charge is -2.18. The Bertz CT molecular complexity index is 1460. The van der Waals surface area contributed by atoms with Crippen LogP contribution in [0, 0.1) is 0 Å². The summed E-state index contributed by atoms with van der Waals surface area (Å²) in [6, 6.07) is 0. The molecule has 0 saturated carbocycles. The van der Waals surface area contributed by atoms with Crippen LogP contribution in [-0.2, 0) is 28.6 Å². The van der Waals surface area contributed by atoms with Crippen molar-refractivity contribution < 1.29 is 28.6 Å². The quantitative estimate of drug-likeness (QED) is 0.0200. The average molecular weight is 867 g/mol. The van der Waals surface area contributed by atoms with Gasteiger partial charge in [0.05, 0.1) is 0 Å². The van der Waals surface area contributed by atoms with Gasteiger partial charge in [0.25, 0.3) is 0 Å². The Morgan fingerprint density at radius 2 is 0.730 bits per heavy atom. The molecule has 350 valence electrons. The molecule has 0 bridgehead atoms. The van der Waals surface area contributed by atoms with Crippen molar-refractivity contribution in [1.82, 2.24) is 0 Å². The zero-order chi connectivity index (χ0) is 45.8. The Morgan fingerprint density at radius 1 is 0.349 bits per heavy atom. The molecule has 0 aromatic carbocycles. The molecular formula is C57H86O6. The van der Waals surface area contributed by atoms with E-state index in [0.29, 0.717) is 19.3 Å². The summed E-state index contributed by atoms with van der Waals surface area (Å²) in [6.07, 6.45) is 71.3. The third kappa shape index (κ3) is 48.2. The highest BCUT2D eigenvalue weighted by Crippen LogP contribution is 2.11. The fourth-order valence-electron chi connectivity index (χ4n) is 5.82. The van der Waals surface area contributed by atoms with Crippen molar-refractivity contribution in [3.05, 3.63) is 146 Å². The van der Waals surface area contributed by atoms with Crippen LogP contribution in [0.3, 0.4) is 0 Å². The Labute approximate surface area is 385 Å². The van der Waals surface area contributed by atoms with E-state index in [2.05, 4.69) is 106 Å². The molecule has 0 N–H and O–H groups in total. The summed E-state index contributed by atoms with van der Waals surface area (Å²) in [5, 5.41) is 0. The molecular weight excluding hydrogens is 781 g/mol. The Balaban J connectivity index is 4.61. The number of esters is 3. The highest BCUT2D eigenvalue weighted by molar-refractivity contribution is 5.71. The van der Waals surface area contributed by atoms with E-state index in [1.165, 1.54) is 19.3 Å². The van der Waals surface area contributed by atoms with E-state index in [1.807, 2.05) is 60.8 Å². The molecule has 0 aliphatic heterocycles. The molecule has 0 fully saturated rings. The second-order valence-electron chi connectivity index (χ2n) is 15.4. The molecule has 1 unspecified atom stereocenters. The largest absolute Gasteiger partial charge is 0.462 e. The summed E-state index contributed by atoms with van der Waals surface area (Å²) in [4.78, 5) is 37.8. The summed E-state index contributed by atoms with van der Waals surface area (Å²) in [6.45, 7) is 6.19. The second kappa shape index (κ2) is 49.9. The van der Waals surface area contributed by atoms with Crippen LogP contribution >= 0.6 is 0 Å². The molecule has 0 saturated heterocycles. The minimum atomic E-state index is -0.839. The predicted octanol–water partition coefficient (Wildman–Crippen LogP) is 16.1. The molecule has 1 atom stereocenters. The zero-order valence-corrected chi connectivity index (χ0v) is 39.8. The van der Waals surface area contributed by atoms with Gasteiger partial charge in [0, 0.05) is 19.3 Å². The molecule has 0 heterocycles. The number of carbonyl (C=O) groups excluding carboxylic acids is 3. The van der Waals surface area contributed by atoms with E-state index in [-0.39, 0.29) is 44.0 Å². The van der Waals surface area contributed by atoms with Crippen LogP contribution in [0.15, 0.2) is 146 Å². The number of allylic oxidation sites excluding steroid dienone is 24. The third-order valence-electron chi connectivity index (χ3n) is 9.45. The van der Waals surface area contributed by atoms with Crippen LogP contribution in [0.1, 0.15) is 175 Å². The minimum absolute atomic E-state index is 0.130. The van der Waals surface area contributed by atoms with Gasteiger partial charge in [0.1, 0.15) is 13.2 Å². The SMILES string of the molecule is CC\C=C/C=C\C=C/C=C\C=C/CCCCCC(=O)OC(COC(=O)CC/C=C\C/C=C\C/C=C\C/C=C\C/C=C\C/C=C\CC)COC(=O)CCCCCCC/C=C\CCCC. The maximum Gasteiger partial charge on any atom is 0.306 e. The van der Waals surface area contributed by atoms with E-state index >= 15 is 0 Å². The summed E-state index contributed by atoms with van der Waals surface area (Å²) in [5.41, 5.74) is 0. The number of carbonyl (C=O) groups is 3. The van der Waals surface area contributed by atoms with Crippen molar-refractivity contribution in [2.75, 3.05) is 13.2 Å². The molecule has 0 radical (unpaired) electrons. The van der Waals surface area contributed by atoms with E-state index in [4.69, 9.17) is 14.2 Å². The zero-order valence-electron chi connectivity index (χ0n) is 39.8. The van der Waals surface area contributed by atoms with Gasteiger partial charge in [0.15, 0.2) is 6.10 Å². The molecule has 0 aliphatic carbocycles. The first-order valence-electron chi connectivity index (χ1n) is 24.4. The number of rotatable bonds is 41. The van der Waals surface area contributed by atoms with Crippen LogP contribution in [0.4, 0.5) is 0 Å². The van der Waals surface area contributed by atoms with Crippen LogP contribution in [0.25, 0.3) is 0 Å². The molecule has 0 amide bonds. The Hall–Kier alpha value is -4.71. The molecule has 63 heavy (non-hydrogen) atoms. The van der Waals surface area contributed by atoms with Gasteiger partial charge in [-0.15, -0.1) is 0 Å². The van der Waals surface area contributed by atoms with Crippen molar-refractivity contribution in [3.63, 3.8) is 0 Å². The van der Waals surface area contributed by atoms with Gasteiger partial charge in [-0.3, -0.25) is 14.4 Å². The Kier molecular flexibility index (Phi) is 46.2. The number of hydrogen-bond acceptors (Lipinski definition) is 6. The van der Waals surface area contributed by atoms with E-state index in [9.17, 15) is 14.4 Å².